The SMILES string of the molecule is CNCC(Cc1nc(C)cs1)C(C)(C)C. The Morgan fingerprint density at radius 3 is 2.53 bits per heavy atom. The molecular weight excluding hydrogens is 204 g/mol. The van der Waals surface area contributed by atoms with E-state index in [0.29, 0.717) is 11.3 Å². The van der Waals surface area contributed by atoms with E-state index in [1.807, 2.05) is 7.05 Å². The predicted molar refractivity (Wildman–Crippen MR) is 67.4 cm³/mol. The van der Waals surface area contributed by atoms with Crippen molar-refractivity contribution in [3.63, 3.8) is 0 Å². The molecule has 1 atom stereocenters. The van der Waals surface area contributed by atoms with E-state index in [4.69, 9.17) is 0 Å². The standard InChI is InChI=1S/C12H22N2S/c1-9-8-15-11(14-9)6-10(7-13-5)12(2,3)4/h8,10,13H,6-7H2,1-5H3. The van der Waals surface area contributed by atoms with Crippen molar-refractivity contribution in [1.82, 2.24) is 10.3 Å². The maximum atomic E-state index is 4.54. The molecule has 0 fully saturated rings. The Hall–Kier alpha value is -0.410. The van der Waals surface area contributed by atoms with Crippen LogP contribution in [-0.4, -0.2) is 18.6 Å². The highest BCUT2D eigenvalue weighted by Gasteiger charge is 2.24. The van der Waals surface area contributed by atoms with Gasteiger partial charge in [-0.25, -0.2) is 4.98 Å². The Morgan fingerprint density at radius 1 is 1.47 bits per heavy atom. The van der Waals surface area contributed by atoms with Gasteiger partial charge in [0.2, 0.25) is 0 Å². The molecule has 1 aromatic rings. The number of thiazole rings is 1. The van der Waals surface area contributed by atoms with Gasteiger partial charge in [-0.1, -0.05) is 20.8 Å². The van der Waals surface area contributed by atoms with Crippen molar-refractivity contribution < 1.29 is 0 Å². The van der Waals surface area contributed by atoms with Crippen molar-refractivity contribution in [2.24, 2.45) is 11.3 Å². The van der Waals surface area contributed by atoms with E-state index in [0.717, 1.165) is 18.7 Å². The summed E-state index contributed by atoms with van der Waals surface area (Å²) in [6, 6.07) is 0. The molecule has 0 saturated carbocycles. The third-order valence-corrected chi connectivity index (χ3v) is 3.75. The lowest BCUT2D eigenvalue weighted by molar-refractivity contribution is 0.234. The van der Waals surface area contributed by atoms with Crippen LogP contribution < -0.4 is 5.32 Å². The second kappa shape index (κ2) is 5.08. The lowest BCUT2D eigenvalue weighted by atomic mass is 9.79. The molecule has 0 aliphatic carbocycles. The molecule has 2 nitrogen and oxygen atoms in total. The van der Waals surface area contributed by atoms with Crippen molar-refractivity contribution >= 4 is 11.3 Å². The molecule has 0 aromatic carbocycles. The van der Waals surface area contributed by atoms with Gasteiger partial charge in [-0.2, -0.15) is 0 Å². The highest BCUT2D eigenvalue weighted by atomic mass is 32.1. The van der Waals surface area contributed by atoms with Crippen LogP contribution in [0.25, 0.3) is 0 Å². The fourth-order valence-electron chi connectivity index (χ4n) is 1.64. The summed E-state index contributed by atoms with van der Waals surface area (Å²) < 4.78 is 0. The largest absolute Gasteiger partial charge is 0.319 e. The van der Waals surface area contributed by atoms with Crippen molar-refractivity contribution in [2.75, 3.05) is 13.6 Å². The van der Waals surface area contributed by atoms with Gasteiger partial charge in [-0.05, 0) is 31.8 Å². The number of hydrogen-bond acceptors (Lipinski definition) is 3. The van der Waals surface area contributed by atoms with E-state index in [1.165, 1.54) is 5.01 Å². The molecule has 1 aromatic heterocycles. The van der Waals surface area contributed by atoms with Crippen LogP contribution >= 0.6 is 11.3 Å². The van der Waals surface area contributed by atoms with E-state index in [-0.39, 0.29) is 0 Å². The summed E-state index contributed by atoms with van der Waals surface area (Å²) in [4.78, 5) is 4.54. The third-order valence-electron chi connectivity index (χ3n) is 2.76. The Labute approximate surface area is 97.1 Å². The zero-order chi connectivity index (χ0) is 11.5. The molecule has 3 heteroatoms. The predicted octanol–water partition coefficient (Wildman–Crippen LogP) is 2.88. The molecule has 0 bridgehead atoms. The summed E-state index contributed by atoms with van der Waals surface area (Å²) in [7, 11) is 2.02. The van der Waals surface area contributed by atoms with Crippen LogP contribution in [-0.2, 0) is 6.42 Å². The van der Waals surface area contributed by atoms with E-state index < -0.39 is 0 Å². The smallest absolute Gasteiger partial charge is 0.0931 e. The summed E-state index contributed by atoms with van der Waals surface area (Å²) in [5.41, 5.74) is 1.48. The number of hydrogen-bond donors (Lipinski definition) is 1. The first kappa shape index (κ1) is 12.7. The minimum atomic E-state index is 0.336. The lowest BCUT2D eigenvalue weighted by Gasteiger charge is -2.30. The molecule has 86 valence electrons. The van der Waals surface area contributed by atoms with E-state index in [2.05, 4.69) is 43.4 Å². The second-order valence-electron chi connectivity index (χ2n) is 5.21. The zero-order valence-corrected chi connectivity index (χ0v) is 11.2. The summed E-state index contributed by atoms with van der Waals surface area (Å²) in [5.74, 6) is 0.646. The first-order valence-electron chi connectivity index (χ1n) is 5.49. The number of aryl methyl sites for hydroxylation is 1. The summed E-state index contributed by atoms with van der Waals surface area (Å²) in [5, 5.41) is 6.68. The van der Waals surface area contributed by atoms with Gasteiger partial charge in [-0.3, -0.25) is 0 Å². The van der Waals surface area contributed by atoms with Crippen LogP contribution in [0.5, 0.6) is 0 Å². The van der Waals surface area contributed by atoms with Crippen LogP contribution in [0.1, 0.15) is 31.5 Å². The highest BCUT2D eigenvalue weighted by Crippen LogP contribution is 2.29. The molecule has 0 spiro atoms. The maximum absolute atomic E-state index is 4.54. The summed E-state index contributed by atoms with van der Waals surface area (Å²) in [6.45, 7) is 10.0. The van der Waals surface area contributed by atoms with E-state index in [9.17, 15) is 0 Å². The zero-order valence-electron chi connectivity index (χ0n) is 10.4. The van der Waals surface area contributed by atoms with Crippen molar-refractivity contribution in [3.8, 4) is 0 Å². The molecule has 0 radical (unpaired) electrons. The third kappa shape index (κ3) is 3.92. The lowest BCUT2D eigenvalue weighted by Crippen LogP contribution is -2.31. The van der Waals surface area contributed by atoms with Gasteiger partial charge in [0.1, 0.15) is 0 Å². The average Bonchev–Trinajstić information content (AvgIpc) is 2.49. The minimum absolute atomic E-state index is 0.336. The Kier molecular flexibility index (Phi) is 4.29. The van der Waals surface area contributed by atoms with Crippen LogP contribution in [0.2, 0.25) is 0 Å². The van der Waals surface area contributed by atoms with Gasteiger partial charge in [0.15, 0.2) is 0 Å². The normalized spacial score (nSPS) is 14.2. The Balaban J connectivity index is 2.66. The average molecular weight is 226 g/mol. The van der Waals surface area contributed by atoms with Gasteiger partial charge >= 0.3 is 0 Å². The number of aromatic nitrogens is 1. The van der Waals surface area contributed by atoms with Gasteiger partial charge in [-0.15, -0.1) is 11.3 Å². The van der Waals surface area contributed by atoms with Crippen molar-refractivity contribution in [1.29, 1.82) is 0 Å². The van der Waals surface area contributed by atoms with Crippen LogP contribution in [0.3, 0.4) is 0 Å². The monoisotopic (exact) mass is 226 g/mol. The molecule has 0 saturated heterocycles. The first-order valence-corrected chi connectivity index (χ1v) is 6.37. The molecule has 1 N–H and O–H groups in total. The number of nitrogens with one attached hydrogen (secondary N) is 1. The van der Waals surface area contributed by atoms with Crippen molar-refractivity contribution in [3.05, 3.63) is 16.1 Å². The number of rotatable bonds is 4. The van der Waals surface area contributed by atoms with Crippen LogP contribution in [0.15, 0.2) is 5.38 Å². The van der Waals surface area contributed by atoms with Crippen molar-refractivity contribution in [2.45, 2.75) is 34.1 Å². The van der Waals surface area contributed by atoms with Crippen LogP contribution in [0.4, 0.5) is 0 Å². The quantitative estimate of drug-likeness (QED) is 0.854. The Bertz CT molecular complexity index is 299. The highest BCUT2D eigenvalue weighted by molar-refractivity contribution is 7.09. The topological polar surface area (TPSA) is 24.9 Å². The minimum Gasteiger partial charge on any atom is -0.319 e. The molecule has 0 amide bonds. The molecule has 1 rings (SSSR count). The molecular formula is C12H22N2S. The second-order valence-corrected chi connectivity index (χ2v) is 6.15. The van der Waals surface area contributed by atoms with E-state index >= 15 is 0 Å². The van der Waals surface area contributed by atoms with Gasteiger partial charge in [0, 0.05) is 17.5 Å². The van der Waals surface area contributed by atoms with Crippen LogP contribution in [0, 0.1) is 18.3 Å². The molecule has 1 heterocycles. The summed E-state index contributed by atoms with van der Waals surface area (Å²) in [6.07, 6.45) is 1.09. The molecule has 0 aliphatic rings. The summed E-state index contributed by atoms with van der Waals surface area (Å²) >= 11 is 1.78. The number of nitrogens with zero attached hydrogens (tertiary/aromatic N) is 1. The fourth-order valence-corrected chi connectivity index (χ4v) is 2.49. The fraction of sp³-hybridized carbons (Fsp3) is 0.750. The van der Waals surface area contributed by atoms with Gasteiger partial charge in [0.25, 0.3) is 0 Å². The molecule has 15 heavy (non-hydrogen) atoms. The Morgan fingerprint density at radius 2 is 2.13 bits per heavy atom. The molecule has 1 unspecified atom stereocenters. The van der Waals surface area contributed by atoms with E-state index in [1.54, 1.807) is 11.3 Å². The van der Waals surface area contributed by atoms with Gasteiger partial charge < -0.3 is 5.32 Å². The van der Waals surface area contributed by atoms with Gasteiger partial charge in [0.05, 0.1) is 5.01 Å². The maximum Gasteiger partial charge on any atom is 0.0931 e. The first-order chi connectivity index (χ1) is 6.93. The molecule has 0 aliphatic heterocycles.